The van der Waals surface area contributed by atoms with Crippen molar-refractivity contribution in [3.8, 4) is 0 Å². The Kier molecular flexibility index (Phi) is 4.39. The number of aromatic nitrogens is 1. The monoisotopic (exact) mass is 243 g/mol. The van der Waals surface area contributed by atoms with Gasteiger partial charge in [0.2, 0.25) is 15.9 Å². The van der Waals surface area contributed by atoms with E-state index in [2.05, 4.69) is 10.3 Å². The molecule has 0 atom stereocenters. The third-order valence-electron chi connectivity index (χ3n) is 1.62. The molecule has 16 heavy (non-hydrogen) atoms. The molecule has 0 saturated carbocycles. The Morgan fingerprint density at radius 2 is 2.19 bits per heavy atom. The first-order chi connectivity index (χ1) is 7.47. The van der Waals surface area contributed by atoms with Crippen LogP contribution in [0.25, 0.3) is 0 Å². The van der Waals surface area contributed by atoms with Gasteiger partial charge in [0, 0.05) is 12.7 Å². The summed E-state index contributed by atoms with van der Waals surface area (Å²) in [6, 6.07) is 5.43. The largest absolute Gasteiger partial charge is 0.303 e. The number of sulfonamides is 1. The van der Waals surface area contributed by atoms with Crippen LogP contribution < -0.4 is 10.0 Å². The molecule has 1 aromatic rings. The molecule has 1 amide bonds. The Labute approximate surface area is 94.1 Å². The van der Waals surface area contributed by atoms with Gasteiger partial charge in [0.25, 0.3) is 0 Å². The minimum absolute atomic E-state index is 0.0658. The lowest BCUT2D eigenvalue weighted by Crippen LogP contribution is -2.36. The number of nitrogens with one attached hydrogen (secondary N) is 2. The van der Waals surface area contributed by atoms with Gasteiger partial charge < -0.3 is 5.32 Å². The molecule has 0 unspecified atom stereocenters. The standard InChI is InChI=1S/C9H13N3O3S/c1-16(14,15)12-9(13)7-10-6-8-4-2-3-5-11-8/h2-5,10H,6-7H2,1H3,(H,12,13). The Morgan fingerprint density at radius 3 is 2.75 bits per heavy atom. The molecule has 0 aliphatic carbocycles. The normalized spacial score (nSPS) is 11.1. The molecule has 1 heterocycles. The number of nitrogens with zero attached hydrogens (tertiary/aromatic N) is 1. The highest BCUT2D eigenvalue weighted by Crippen LogP contribution is 1.91. The zero-order valence-electron chi connectivity index (χ0n) is 8.80. The number of hydrogen-bond acceptors (Lipinski definition) is 5. The number of rotatable bonds is 5. The summed E-state index contributed by atoms with van der Waals surface area (Å²) in [5.41, 5.74) is 0.787. The van der Waals surface area contributed by atoms with E-state index in [0.29, 0.717) is 6.54 Å². The van der Waals surface area contributed by atoms with Crippen LogP contribution in [0.3, 0.4) is 0 Å². The maximum absolute atomic E-state index is 11.1. The number of carbonyl (C=O) groups is 1. The van der Waals surface area contributed by atoms with Gasteiger partial charge in [-0.25, -0.2) is 8.42 Å². The summed E-state index contributed by atoms with van der Waals surface area (Å²) >= 11 is 0. The highest BCUT2D eigenvalue weighted by molar-refractivity contribution is 7.89. The van der Waals surface area contributed by atoms with Crippen molar-refractivity contribution in [3.05, 3.63) is 30.1 Å². The van der Waals surface area contributed by atoms with E-state index in [-0.39, 0.29) is 6.54 Å². The van der Waals surface area contributed by atoms with E-state index in [0.717, 1.165) is 11.9 Å². The highest BCUT2D eigenvalue weighted by atomic mass is 32.2. The Bertz CT molecular complexity index is 444. The first-order valence-electron chi connectivity index (χ1n) is 4.58. The molecule has 0 aliphatic rings. The SMILES string of the molecule is CS(=O)(=O)NC(=O)CNCc1ccccn1. The van der Waals surface area contributed by atoms with Crippen molar-refractivity contribution < 1.29 is 13.2 Å². The van der Waals surface area contributed by atoms with Crippen LogP contribution in [0.1, 0.15) is 5.69 Å². The first kappa shape index (κ1) is 12.6. The van der Waals surface area contributed by atoms with E-state index < -0.39 is 15.9 Å². The number of carbonyl (C=O) groups excluding carboxylic acids is 1. The maximum atomic E-state index is 11.1. The number of pyridine rings is 1. The predicted octanol–water partition coefficient (Wildman–Crippen LogP) is -0.753. The molecule has 6 nitrogen and oxygen atoms in total. The van der Waals surface area contributed by atoms with E-state index in [1.54, 1.807) is 12.3 Å². The third-order valence-corrected chi connectivity index (χ3v) is 2.22. The zero-order valence-corrected chi connectivity index (χ0v) is 9.62. The van der Waals surface area contributed by atoms with Gasteiger partial charge in [-0.3, -0.25) is 14.5 Å². The average Bonchev–Trinajstić information content (AvgIpc) is 2.16. The fourth-order valence-corrected chi connectivity index (χ4v) is 1.54. The summed E-state index contributed by atoms with van der Waals surface area (Å²) in [5.74, 6) is -0.585. The lowest BCUT2D eigenvalue weighted by atomic mass is 10.3. The van der Waals surface area contributed by atoms with Crippen molar-refractivity contribution >= 4 is 15.9 Å². The first-order valence-corrected chi connectivity index (χ1v) is 6.48. The third kappa shape index (κ3) is 5.42. The van der Waals surface area contributed by atoms with Crippen molar-refractivity contribution in [1.82, 2.24) is 15.0 Å². The van der Waals surface area contributed by atoms with Crippen molar-refractivity contribution in [1.29, 1.82) is 0 Å². The average molecular weight is 243 g/mol. The molecule has 0 aliphatic heterocycles. The van der Waals surface area contributed by atoms with E-state index in [4.69, 9.17) is 0 Å². The summed E-state index contributed by atoms with van der Waals surface area (Å²) in [5, 5.41) is 2.79. The van der Waals surface area contributed by atoms with Crippen LogP contribution in [0.5, 0.6) is 0 Å². The van der Waals surface area contributed by atoms with E-state index in [9.17, 15) is 13.2 Å². The van der Waals surface area contributed by atoms with Crippen LogP contribution in [-0.2, 0) is 21.4 Å². The molecule has 0 radical (unpaired) electrons. The van der Waals surface area contributed by atoms with Crippen LogP contribution in [-0.4, -0.2) is 32.1 Å². The molecule has 1 rings (SSSR count). The molecule has 7 heteroatoms. The van der Waals surface area contributed by atoms with Crippen LogP contribution in [0, 0.1) is 0 Å². The molecule has 0 bridgehead atoms. The van der Waals surface area contributed by atoms with Crippen molar-refractivity contribution in [2.24, 2.45) is 0 Å². The number of amides is 1. The molecule has 0 spiro atoms. The number of hydrogen-bond donors (Lipinski definition) is 2. The Morgan fingerprint density at radius 1 is 1.44 bits per heavy atom. The van der Waals surface area contributed by atoms with E-state index in [1.165, 1.54) is 0 Å². The van der Waals surface area contributed by atoms with Crippen LogP contribution in [0.15, 0.2) is 24.4 Å². The molecule has 0 saturated heterocycles. The van der Waals surface area contributed by atoms with Gasteiger partial charge in [-0.15, -0.1) is 0 Å². The summed E-state index contributed by atoms with van der Waals surface area (Å²) in [7, 11) is -3.47. The highest BCUT2D eigenvalue weighted by Gasteiger charge is 2.07. The topological polar surface area (TPSA) is 88.2 Å². The molecular weight excluding hydrogens is 230 g/mol. The molecule has 88 valence electrons. The molecule has 0 fully saturated rings. The van der Waals surface area contributed by atoms with Gasteiger partial charge in [-0.1, -0.05) is 6.07 Å². The predicted molar refractivity (Wildman–Crippen MR) is 58.9 cm³/mol. The summed E-state index contributed by atoms with van der Waals surface area (Å²) in [6.07, 6.45) is 2.58. The quantitative estimate of drug-likeness (QED) is 0.710. The maximum Gasteiger partial charge on any atom is 0.247 e. The zero-order chi connectivity index (χ0) is 12.0. The second-order valence-electron chi connectivity index (χ2n) is 3.22. The summed E-state index contributed by atoms with van der Waals surface area (Å²) < 4.78 is 23.3. The summed E-state index contributed by atoms with van der Waals surface area (Å²) in [6.45, 7) is 0.349. The van der Waals surface area contributed by atoms with E-state index in [1.807, 2.05) is 16.9 Å². The Hall–Kier alpha value is -1.47. The van der Waals surface area contributed by atoms with Crippen molar-refractivity contribution in [2.45, 2.75) is 6.54 Å². The van der Waals surface area contributed by atoms with Crippen molar-refractivity contribution in [2.75, 3.05) is 12.8 Å². The smallest absolute Gasteiger partial charge is 0.247 e. The van der Waals surface area contributed by atoms with Gasteiger partial charge >= 0.3 is 0 Å². The van der Waals surface area contributed by atoms with E-state index >= 15 is 0 Å². The van der Waals surface area contributed by atoms with Gasteiger partial charge in [0.05, 0.1) is 18.5 Å². The molecule has 0 aromatic carbocycles. The van der Waals surface area contributed by atoms with Crippen LogP contribution in [0.4, 0.5) is 0 Å². The minimum atomic E-state index is -3.47. The van der Waals surface area contributed by atoms with Crippen LogP contribution in [0.2, 0.25) is 0 Å². The van der Waals surface area contributed by atoms with Gasteiger partial charge in [0.1, 0.15) is 0 Å². The van der Waals surface area contributed by atoms with Gasteiger partial charge in [-0.2, -0.15) is 0 Å². The molecular formula is C9H13N3O3S. The second-order valence-corrected chi connectivity index (χ2v) is 4.97. The van der Waals surface area contributed by atoms with Crippen molar-refractivity contribution in [3.63, 3.8) is 0 Å². The second kappa shape index (κ2) is 5.57. The van der Waals surface area contributed by atoms with Crippen LogP contribution >= 0.6 is 0 Å². The lowest BCUT2D eigenvalue weighted by molar-refractivity contribution is -0.118. The fourth-order valence-electron chi connectivity index (χ4n) is 1.05. The molecule has 2 N–H and O–H groups in total. The fraction of sp³-hybridized carbons (Fsp3) is 0.333. The van der Waals surface area contributed by atoms with Gasteiger partial charge in [0.15, 0.2) is 0 Å². The summed E-state index contributed by atoms with van der Waals surface area (Å²) in [4.78, 5) is 15.1. The minimum Gasteiger partial charge on any atom is -0.303 e. The lowest BCUT2D eigenvalue weighted by Gasteiger charge is -2.04. The Balaban J connectivity index is 2.29. The van der Waals surface area contributed by atoms with Gasteiger partial charge in [-0.05, 0) is 12.1 Å². The molecule has 1 aromatic heterocycles.